The van der Waals surface area contributed by atoms with Crippen LogP contribution in [0.4, 0.5) is 0 Å². The van der Waals surface area contributed by atoms with Crippen molar-refractivity contribution in [3.63, 3.8) is 0 Å². The van der Waals surface area contributed by atoms with Crippen molar-refractivity contribution in [2.45, 2.75) is 6.54 Å². The highest BCUT2D eigenvalue weighted by molar-refractivity contribution is 9.10. The quantitative estimate of drug-likeness (QED) is 0.733. The van der Waals surface area contributed by atoms with Gasteiger partial charge < -0.3 is 9.64 Å². The second-order valence-electron chi connectivity index (χ2n) is 6.03. The van der Waals surface area contributed by atoms with Crippen LogP contribution in [0, 0.1) is 0 Å². The Balaban J connectivity index is 1.43. The van der Waals surface area contributed by atoms with Gasteiger partial charge in [0.05, 0.1) is 0 Å². The number of hydrogen-bond donors (Lipinski definition) is 0. The van der Waals surface area contributed by atoms with E-state index in [1.165, 1.54) is 5.56 Å². The second kappa shape index (κ2) is 8.70. The molecule has 0 radical (unpaired) electrons. The average molecular weight is 424 g/mol. The summed E-state index contributed by atoms with van der Waals surface area (Å²) in [6.45, 7) is 4.15. The molecule has 0 N–H and O–H groups in total. The minimum absolute atomic E-state index is 0.0334. The lowest BCUT2D eigenvalue weighted by Crippen LogP contribution is -2.49. The fourth-order valence-electron chi connectivity index (χ4n) is 2.80. The van der Waals surface area contributed by atoms with Gasteiger partial charge in [0, 0.05) is 42.2 Å². The molecule has 1 saturated heterocycles. The van der Waals surface area contributed by atoms with Crippen molar-refractivity contribution in [1.82, 2.24) is 9.80 Å². The Labute approximate surface area is 161 Å². The Kier molecular flexibility index (Phi) is 6.34. The van der Waals surface area contributed by atoms with E-state index in [2.05, 4.69) is 20.8 Å². The molecule has 0 atom stereocenters. The van der Waals surface area contributed by atoms with Gasteiger partial charge in [0.15, 0.2) is 6.61 Å². The number of amides is 1. The fraction of sp³-hybridized carbons (Fsp3) is 0.316. The Morgan fingerprint density at radius 2 is 1.80 bits per heavy atom. The molecule has 1 aliphatic rings. The lowest BCUT2D eigenvalue weighted by atomic mass is 10.2. The molecule has 1 aliphatic heterocycles. The minimum Gasteiger partial charge on any atom is -0.484 e. The summed E-state index contributed by atoms with van der Waals surface area (Å²) in [5, 5.41) is 0.754. The molecular formula is C19H20BrClN2O2. The van der Waals surface area contributed by atoms with Gasteiger partial charge in [-0.1, -0.05) is 45.7 Å². The summed E-state index contributed by atoms with van der Waals surface area (Å²) in [5.74, 6) is 0.732. The lowest BCUT2D eigenvalue weighted by molar-refractivity contribution is -0.135. The van der Waals surface area contributed by atoms with Crippen LogP contribution in [-0.2, 0) is 11.3 Å². The molecule has 1 heterocycles. The van der Waals surface area contributed by atoms with Crippen LogP contribution in [0.25, 0.3) is 0 Å². The molecule has 2 aromatic rings. The summed E-state index contributed by atoms with van der Waals surface area (Å²) in [4.78, 5) is 16.5. The second-order valence-corrected chi connectivity index (χ2v) is 7.38. The number of carbonyl (C=O) groups excluding carboxylic acids is 1. The summed E-state index contributed by atoms with van der Waals surface area (Å²) >= 11 is 9.31. The third-order valence-electron chi connectivity index (χ3n) is 4.20. The molecule has 0 unspecified atom stereocenters. The summed E-state index contributed by atoms with van der Waals surface area (Å²) < 4.78 is 6.53. The van der Waals surface area contributed by atoms with Gasteiger partial charge in [0.2, 0.25) is 0 Å². The van der Waals surface area contributed by atoms with Crippen LogP contribution in [0.1, 0.15) is 5.56 Å². The van der Waals surface area contributed by atoms with Gasteiger partial charge in [-0.05, 0) is 35.9 Å². The number of ether oxygens (including phenoxy) is 1. The third-order valence-corrected chi connectivity index (χ3v) is 4.95. The van der Waals surface area contributed by atoms with Gasteiger partial charge in [-0.2, -0.15) is 0 Å². The van der Waals surface area contributed by atoms with E-state index in [9.17, 15) is 4.79 Å². The maximum absolute atomic E-state index is 12.3. The van der Waals surface area contributed by atoms with E-state index in [1.54, 1.807) is 0 Å². The Morgan fingerprint density at radius 1 is 1.08 bits per heavy atom. The summed E-state index contributed by atoms with van der Waals surface area (Å²) in [7, 11) is 0. The van der Waals surface area contributed by atoms with E-state index >= 15 is 0 Å². The highest BCUT2D eigenvalue weighted by Gasteiger charge is 2.21. The normalized spacial score (nSPS) is 15.2. The van der Waals surface area contributed by atoms with Gasteiger partial charge in [-0.3, -0.25) is 9.69 Å². The van der Waals surface area contributed by atoms with Crippen LogP contribution in [0.3, 0.4) is 0 Å². The number of carbonyl (C=O) groups is 1. The summed E-state index contributed by atoms with van der Waals surface area (Å²) in [6.07, 6.45) is 0. The minimum atomic E-state index is 0.0334. The zero-order valence-corrected chi connectivity index (χ0v) is 16.2. The maximum atomic E-state index is 12.3. The molecule has 3 rings (SSSR count). The van der Waals surface area contributed by atoms with Crippen molar-refractivity contribution in [1.29, 1.82) is 0 Å². The Hall–Kier alpha value is -1.56. The van der Waals surface area contributed by atoms with Gasteiger partial charge in [-0.15, -0.1) is 0 Å². The number of rotatable bonds is 5. The molecule has 6 heteroatoms. The van der Waals surface area contributed by atoms with Crippen molar-refractivity contribution in [2.75, 3.05) is 32.8 Å². The topological polar surface area (TPSA) is 32.8 Å². The molecule has 1 amide bonds. The Bertz CT molecular complexity index is 716. The number of hydrogen-bond acceptors (Lipinski definition) is 3. The van der Waals surface area contributed by atoms with Crippen molar-refractivity contribution < 1.29 is 9.53 Å². The predicted octanol–water partition coefficient (Wildman–Crippen LogP) is 3.83. The molecule has 0 spiro atoms. The summed E-state index contributed by atoms with van der Waals surface area (Å²) in [6, 6.07) is 15.4. The zero-order valence-electron chi connectivity index (χ0n) is 13.8. The van der Waals surface area contributed by atoms with Crippen molar-refractivity contribution in [3.8, 4) is 5.75 Å². The average Bonchev–Trinajstić information content (AvgIpc) is 2.62. The van der Waals surface area contributed by atoms with E-state index in [4.69, 9.17) is 16.3 Å². The third kappa shape index (κ3) is 5.46. The van der Waals surface area contributed by atoms with Crippen molar-refractivity contribution in [3.05, 3.63) is 63.6 Å². The molecule has 0 saturated carbocycles. The van der Waals surface area contributed by atoms with Crippen molar-refractivity contribution in [2.24, 2.45) is 0 Å². The molecule has 0 aromatic heterocycles. The monoisotopic (exact) mass is 422 g/mol. The van der Waals surface area contributed by atoms with E-state index in [0.717, 1.165) is 42.2 Å². The first-order chi connectivity index (χ1) is 12.1. The number of benzene rings is 2. The molecule has 2 aromatic carbocycles. The first kappa shape index (κ1) is 18.2. The van der Waals surface area contributed by atoms with Crippen LogP contribution in [0.2, 0.25) is 5.02 Å². The summed E-state index contributed by atoms with van der Waals surface area (Å²) in [5.41, 5.74) is 1.24. The molecular weight excluding hydrogens is 404 g/mol. The maximum Gasteiger partial charge on any atom is 0.260 e. The van der Waals surface area contributed by atoms with E-state index in [1.807, 2.05) is 53.4 Å². The smallest absolute Gasteiger partial charge is 0.260 e. The lowest BCUT2D eigenvalue weighted by Gasteiger charge is -2.34. The van der Waals surface area contributed by atoms with Gasteiger partial charge in [0.25, 0.3) is 5.91 Å². The fourth-order valence-corrected chi connectivity index (χ4v) is 3.30. The molecule has 4 nitrogen and oxygen atoms in total. The Morgan fingerprint density at radius 3 is 2.48 bits per heavy atom. The van der Waals surface area contributed by atoms with E-state index in [-0.39, 0.29) is 12.5 Å². The van der Waals surface area contributed by atoms with Gasteiger partial charge in [-0.25, -0.2) is 0 Å². The SMILES string of the molecule is O=C(COc1cccc(Br)c1)N1CCN(Cc2ccc(Cl)cc2)CC1. The molecule has 1 fully saturated rings. The highest BCUT2D eigenvalue weighted by Crippen LogP contribution is 2.18. The molecule has 132 valence electrons. The number of halogens is 2. The van der Waals surface area contributed by atoms with E-state index < -0.39 is 0 Å². The standard InChI is InChI=1S/C19H20BrClN2O2/c20-16-2-1-3-18(12-16)25-14-19(24)23-10-8-22(9-11-23)13-15-4-6-17(21)7-5-15/h1-7,12H,8-11,13-14H2. The van der Waals surface area contributed by atoms with Crippen LogP contribution in [-0.4, -0.2) is 48.5 Å². The molecule has 0 bridgehead atoms. The van der Waals surface area contributed by atoms with Crippen LogP contribution >= 0.6 is 27.5 Å². The van der Waals surface area contributed by atoms with Crippen LogP contribution in [0.15, 0.2) is 53.0 Å². The largest absolute Gasteiger partial charge is 0.484 e. The molecule has 0 aliphatic carbocycles. The predicted molar refractivity (Wildman–Crippen MR) is 103 cm³/mol. The number of nitrogens with zero attached hydrogens (tertiary/aromatic N) is 2. The first-order valence-electron chi connectivity index (χ1n) is 8.23. The highest BCUT2D eigenvalue weighted by atomic mass is 79.9. The zero-order chi connectivity index (χ0) is 17.6. The van der Waals surface area contributed by atoms with Crippen LogP contribution in [0.5, 0.6) is 5.75 Å². The first-order valence-corrected chi connectivity index (χ1v) is 9.40. The van der Waals surface area contributed by atoms with Crippen molar-refractivity contribution >= 4 is 33.4 Å². The number of piperazine rings is 1. The molecule has 25 heavy (non-hydrogen) atoms. The van der Waals surface area contributed by atoms with E-state index in [0.29, 0.717) is 5.75 Å². The van der Waals surface area contributed by atoms with Crippen LogP contribution < -0.4 is 4.74 Å². The van der Waals surface area contributed by atoms with Gasteiger partial charge >= 0.3 is 0 Å². The van der Waals surface area contributed by atoms with Gasteiger partial charge in [0.1, 0.15) is 5.75 Å².